The van der Waals surface area contributed by atoms with Gasteiger partial charge in [0.1, 0.15) is 0 Å². The first-order valence-corrected chi connectivity index (χ1v) is 9.46. The van der Waals surface area contributed by atoms with Crippen LogP contribution in [-0.4, -0.2) is 54.2 Å². The number of anilines is 1. The Bertz CT molecular complexity index is 565. The lowest BCUT2D eigenvalue weighted by Gasteiger charge is -2.26. The number of carbonyl (C=O) groups excluding carboxylic acids is 2. The van der Waals surface area contributed by atoms with Gasteiger partial charge < -0.3 is 15.0 Å². The molecule has 0 atom stereocenters. The normalized spacial score (nSPS) is 19.1. The Hall–Kier alpha value is -1.67. The average Bonchev–Trinajstić information content (AvgIpc) is 3.03. The molecule has 0 unspecified atom stereocenters. The van der Waals surface area contributed by atoms with E-state index in [2.05, 4.69) is 15.6 Å². The van der Waals surface area contributed by atoms with Gasteiger partial charge in [0, 0.05) is 24.5 Å². The Morgan fingerprint density at radius 2 is 2.00 bits per heavy atom. The maximum Gasteiger partial charge on any atom is 0.321 e. The van der Waals surface area contributed by atoms with E-state index in [-0.39, 0.29) is 24.4 Å². The van der Waals surface area contributed by atoms with Crippen LogP contribution in [0.4, 0.5) is 9.93 Å². The van der Waals surface area contributed by atoms with Crippen molar-refractivity contribution in [2.75, 3.05) is 31.6 Å². The molecule has 1 saturated heterocycles. The molecular formula is C16H24N4O3S. The molecule has 1 saturated carbocycles. The molecule has 132 valence electrons. The van der Waals surface area contributed by atoms with Crippen molar-refractivity contribution >= 4 is 28.4 Å². The molecule has 2 aliphatic rings. The number of ether oxygens (including phenoxy) is 1. The topological polar surface area (TPSA) is 83.6 Å². The zero-order valence-electron chi connectivity index (χ0n) is 13.8. The van der Waals surface area contributed by atoms with Crippen molar-refractivity contribution < 1.29 is 14.3 Å². The lowest BCUT2D eigenvalue weighted by atomic mass is 9.96. The molecule has 2 heterocycles. The Morgan fingerprint density at radius 1 is 1.25 bits per heavy atom. The third-order valence-electron chi connectivity index (χ3n) is 4.41. The summed E-state index contributed by atoms with van der Waals surface area (Å²) in [4.78, 5) is 30.4. The van der Waals surface area contributed by atoms with Crippen molar-refractivity contribution in [2.45, 2.75) is 44.6 Å². The summed E-state index contributed by atoms with van der Waals surface area (Å²) in [6.45, 7) is 2.46. The third kappa shape index (κ3) is 4.91. The van der Waals surface area contributed by atoms with Crippen LogP contribution in [0, 0.1) is 0 Å². The summed E-state index contributed by atoms with van der Waals surface area (Å²) in [5.41, 5.74) is 0.699. The number of urea groups is 1. The highest BCUT2D eigenvalue weighted by atomic mass is 32.1. The van der Waals surface area contributed by atoms with E-state index in [1.54, 1.807) is 4.90 Å². The van der Waals surface area contributed by atoms with Gasteiger partial charge in [0.25, 0.3) is 0 Å². The van der Waals surface area contributed by atoms with Crippen LogP contribution in [0.15, 0.2) is 5.38 Å². The first kappa shape index (κ1) is 17.2. The molecule has 3 amide bonds. The highest BCUT2D eigenvalue weighted by molar-refractivity contribution is 7.13. The SMILES string of the molecule is O=C(Nc1nc(CC(=O)N2CCOCC2)cs1)NC1CCCCC1. The van der Waals surface area contributed by atoms with E-state index in [9.17, 15) is 9.59 Å². The highest BCUT2D eigenvalue weighted by Gasteiger charge is 2.19. The predicted octanol–water partition coefficient (Wildman–Crippen LogP) is 2.00. The molecule has 0 bridgehead atoms. The minimum atomic E-state index is -0.206. The summed E-state index contributed by atoms with van der Waals surface area (Å²) < 4.78 is 5.25. The molecule has 1 aromatic heterocycles. The van der Waals surface area contributed by atoms with Crippen molar-refractivity contribution in [3.05, 3.63) is 11.1 Å². The van der Waals surface area contributed by atoms with Crippen LogP contribution in [0.1, 0.15) is 37.8 Å². The van der Waals surface area contributed by atoms with E-state index in [1.807, 2.05) is 5.38 Å². The van der Waals surface area contributed by atoms with Gasteiger partial charge in [0.15, 0.2) is 5.13 Å². The zero-order valence-corrected chi connectivity index (χ0v) is 14.6. The van der Waals surface area contributed by atoms with Gasteiger partial charge in [-0.15, -0.1) is 11.3 Å². The van der Waals surface area contributed by atoms with Gasteiger partial charge in [0.2, 0.25) is 5.91 Å². The largest absolute Gasteiger partial charge is 0.378 e. The van der Waals surface area contributed by atoms with Crippen molar-refractivity contribution in [3.8, 4) is 0 Å². The minimum absolute atomic E-state index is 0.0572. The van der Waals surface area contributed by atoms with Crippen LogP contribution in [0.5, 0.6) is 0 Å². The molecule has 1 aliphatic heterocycles. The van der Waals surface area contributed by atoms with Crippen molar-refractivity contribution in [1.29, 1.82) is 0 Å². The highest BCUT2D eigenvalue weighted by Crippen LogP contribution is 2.19. The smallest absolute Gasteiger partial charge is 0.321 e. The van der Waals surface area contributed by atoms with E-state index in [1.165, 1.54) is 30.6 Å². The van der Waals surface area contributed by atoms with Gasteiger partial charge in [-0.3, -0.25) is 10.1 Å². The number of rotatable bonds is 4. The molecular weight excluding hydrogens is 328 g/mol. The fourth-order valence-electron chi connectivity index (χ4n) is 3.09. The lowest BCUT2D eigenvalue weighted by Crippen LogP contribution is -2.41. The number of thiazole rings is 1. The van der Waals surface area contributed by atoms with E-state index >= 15 is 0 Å². The third-order valence-corrected chi connectivity index (χ3v) is 5.22. The fourth-order valence-corrected chi connectivity index (χ4v) is 3.80. The summed E-state index contributed by atoms with van der Waals surface area (Å²) in [5, 5.41) is 8.13. The Labute approximate surface area is 145 Å². The maximum atomic E-state index is 12.2. The Balaban J connectivity index is 1.46. The average molecular weight is 352 g/mol. The van der Waals surface area contributed by atoms with Crippen LogP contribution in [0.3, 0.4) is 0 Å². The summed E-state index contributed by atoms with van der Waals surface area (Å²) in [5.74, 6) is 0.0572. The van der Waals surface area contributed by atoms with Gasteiger partial charge in [-0.1, -0.05) is 19.3 Å². The van der Waals surface area contributed by atoms with Crippen LogP contribution in [0.25, 0.3) is 0 Å². The molecule has 7 nitrogen and oxygen atoms in total. The number of amides is 3. The second kappa shape index (κ2) is 8.43. The monoisotopic (exact) mass is 352 g/mol. The summed E-state index contributed by atoms with van der Waals surface area (Å²) in [6, 6.07) is 0.0587. The molecule has 0 spiro atoms. The molecule has 8 heteroatoms. The van der Waals surface area contributed by atoms with Gasteiger partial charge in [-0.2, -0.15) is 0 Å². The fraction of sp³-hybridized carbons (Fsp3) is 0.688. The van der Waals surface area contributed by atoms with Crippen LogP contribution in [0.2, 0.25) is 0 Å². The van der Waals surface area contributed by atoms with E-state index in [4.69, 9.17) is 4.74 Å². The predicted molar refractivity (Wildman–Crippen MR) is 92.2 cm³/mol. The van der Waals surface area contributed by atoms with Crippen molar-refractivity contribution in [3.63, 3.8) is 0 Å². The van der Waals surface area contributed by atoms with E-state index < -0.39 is 0 Å². The van der Waals surface area contributed by atoms with Gasteiger partial charge in [-0.05, 0) is 12.8 Å². The van der Waals surface area contributed by atoms with Crippen LogP contribution in [-0.2, 0) is 16.0 Å². The molecule has 1 aromatic rings. The molecule has 2 fully saturated rings. The molecule has 3 rings (SSSR count). The minimum Gasteiger partial charge on any atom is -0.378 e. The second-order valence-corrected chi connectivity index (χ2v) is 7.11. The maximum absolute atomic E-state index is 12.2. The lowest BCUT2D eigenvalue weighted by molar-refractivity contribution is -0.134. The summed E-state index contributed by atoms with van der Waals surface area (Å²) in [7, 11) is 0. The summed E-state index contributed by atoms with van der Waals surface area (Å²) >= 11 is 1.35. The quantitative estimate of drug-likeness (QED) is 0.868. The van der Waals surface area contributed by atoms with Crippen molar-refractivity contribution in [1.82, 2.24) is 15.2 Å². The molecule has 1 aliphatic carbocycles. The summed E-state index contributed by atoms with van der Waals surface area (Å²) in [6.07, 6.45) is 5.97. The molecule has 24 heavy (non-hydrogen) atoms. The van der Waals surface area contributed by atoms with Gasteiger partial charge in [-0.25, -0.2) is 9.78 Å². The molecule has 2 N–H and O–H groups in total. The standard InChI is InChI=1S/C16H24N4O3S/c21-14(20-6-8-23-9-7-20)10-13-11-24-16(18-13)19-15(22)17-12-4-2-1-3-5-12/h11-12H,1-10H2,(H2,17,18,19,22). The molecule has 0 aromatic carbocycles. The first-order chi connectivity index (χ1) is 11.7. The van der Waals surface area contributed by atoms with Gasteiger partial charge >= 0.3 is 6.03 Å². The number of hydrogen-bond acceptors (Lipinski definition) is 5. The van der Waals surface area contributed by atoms with Gasteiger partial charge in [0.05, 0.1) is 25.3 Å². The number of hydrogen-bond donors (Lipinski definition) is 2. The van der Waals surface area contributed by atoms with E-state index in [0.29, 0.717) is 37.1 Å². The second-order valence-electron chi connectivity index (χ2n) is 6.25. The number of morpholine rings is 1. The number of carbonyl (C=O) groups is 2. The Kier molecular flexibility index (Phi) is 6.03. The number of aromatic nitrogens is 1. The van der Waals surface area contributed by atoms with E-state index in [0.717, 1.165) is 12.8 Å². The van der Waals surface area contributed by atoms with Crippen LogP contribution < -0.4 is 10.6 Å². The van der Waals surface area contributed by atoms with Crippen molar-refractivity contribution in [2.24, 2.45) is 0 Å². The Morgan fingerprint density at radius 3 is 2.75 bits per heavy atom. The zero-order chi connectivity index (χ0) is 16.8. The van der Waals surface area contributed by atoms with Crippen LogP contribution >= 0.6 is 11.3 Å². The number of nitrogens with one attached hydrogen (secondary N) is 2. The first-order valence-electron chi connectivity index (χ1n) is 8.58. The molecule has 0 radical (unpaired) electrons. The number of nitrogens with zero attached hydrogens (tertiary/aromatic N) is 2.